The van der Waals surface area contributed by atoms with Crippen molar-refractivity contribution in [2.24, 2.45) is 0 Å². The molecule has 4 rings (SSSR count). The number of hydrogen-bond acceptors (Lipinski definition) is 3. The minimum atomic E-state index is -0.158. The van der Waals surface area contributed by atoms with Crippen LogP contribution in [0.1, 0.15) is 26.4 Å². The van der Waals surface area contributed by atoms with E-state index < -0.39 is 0 Å². The lowest BCUT2D eigenvalue weighted by molar-refractivity contribution is 0.102. The van der Waals surface area contributed by atoms with Crippen molar-refractivity contribution in [2.75, 3.05) is 12.4 Å². The number of ether oxygens (including phenoxy) is 1. The van der Waals surface area contributed by atoms with Gasteiger partial charge in [-0.15, -0.1) is 11.3 Å². The fourth-order valence-corrected chi connectivity index (χ4v) is 4.61. The predicted molar refractivity (Wildman–Crippen MR) is 122 cm³/mol. The molecule has 29 heavy (non-hydrogen) atoms. The number of fused-ring (bicyclic) bond motifs is 1. The Morgan fingerprint density at radius 3 is 2.59 bits per heavy atom. The average molecular weight is 422 g/mol. The summed E-state index contributed by atoms with van der Waals surface area (Å²) in [5, 5.41) is 4.63. The molecule has 0 bridgehead atoms. The summed E-state index contributed by atoms with van der Waals surface area (Å²) in [6, 6.07) is 21.7. The van der Waals surface area contributed by atoms with Gasteiger partial charge < -0.3 is 10.1 Å². The molecule has 1 heterocycles. The summed E-state index contributed by atoms with van der Waals surface area (Å²) >= 11 is 7.62. The molecule has 4 aromatic rings. The molecule has 0 spiro atoms. The molecule has 3 nitrogen and oxygen atoms in total. The highest BCUT2D eigenvalue weighted by atomic mass is 35.5. The Bertz CT molecular complexity index is 1180. The van der Waals surface area contributed by atoms with Crippen molar-refractivity contribution in [2.45, 2.75) is 13.3 Å². The van der Waals surface area contributed by atoms with E-state index in [1.54, 1.807) is 25.3 Å². The molecule has 1 N–H and O–H groups in total. The third-order valence-electron chi connectivity index (χ3n) is 4.82. The summed E-state index contributed by atoms with van der Waals surface area (Å²) in [5.74, 6) is 0.415. The molecule has 0 aliphatic rings. The summed E-state index contributed by atoms with van der Waals surface area (Å²) < 4.78 is 6.46. The lowest BCUT2D eigenvalue weighted by atomic mass is 10.0. The Balaban J connectivity index is 1.74. The lowest BCUT2D eigenvalue weighted by Crippen LogP contribution is -2.13. The van der Waals surface area contributed by atoms with E-state index in [1.807, 2.05) is 12.1 Å². The number of rotatable bonds is 5. The van der Waals surface area contributed by atoms with Gasteiger partial charge >= 0.3 is 0 Å². The van der Waals surface area contributed by atoms with Gasteiger partial charge in [0.05, 0.1) is 17.7 Å². The molecule has 0 fully saturated rings. The third kappa shape index (κ3) is 4.14. The fraction of sp³-hybridized carbons (Fsp3) is 0.125. The molecule has 0 aliphatic carbocycles. The first kappa shape index (κ1) is 19.5. The second kappa shape index (κ2) is 8.27. The second-order valence-corrected chi connectivity index (χ2v) is 8.36. The minimum Gasteiger partial charge on any atom is -0.495 e. The van der Waals surface area contributed by atoms with Gasteiger partial charge in [-0.1, -0.05) is 59.6 Å². The number of methoxy groups -OCH3 is 1. The number of amides is 1. The second-order valence-electron chi connectivity index (χ2n) is 6.87. The summed E-state index contributed by atoms with van der Waals surface area (Å²) in [7, 11) is 1.57. The summed E-state index contributed by atoms with van der Waals surface area (Å²) in [5.41, 5.74) is 3.99. The Morgan fingerprint density at radius 2 is 1.83 bits per heavy atom. The van der Waals surface area contributed by atoms with Crippen molar-refractivity contribution in [3.05, 3.63) is 93.3 Å². The van der Waals surface area contributed by atoms with Crippen LogP contribution in [-0.4, -0.2) is 13.0 Å². The molecule has 3 aromatic carbocycles. The van der Waals surface area contributed by atoms with Gasteiger partial charge in [0, 0.05) is 9.72 Å². The van der Waals surface area contributed by atoms with Crippen LogP contribution in [0.4, 0.5) is 5.69 Å². The predicted octanol–water partition coefficient (Wildman–Crippen LogP) is 6.71. The van der Waals surface area contributed by atoms with Crippen LogP contribution in [0.15, 0.2) is 66.7 Å². The van der Waals surface area contributed by atoms with Crippen molar-refractivity contribution in [1.29, 1.82) is 0 Å². The average Bonchev–Trinajstić information content (AvgIpc) is 3.08. The topological polar surface area (TPSA) is 38.3 Å². The number of aryl methyl sites for hydroxylation is 1. The van der Waals surface area contributed by atoms with Crippen molar-refractivity contribution >= 4 is 44.6 Å². The van der Waals surface area contributed by atoms with E-state index >= 15 is 0 Å². The number of anilines is 1. The normalized spacial score (nSPS) is 10.9. The maximum absolute atomic E-state index is 13.2. The van der Waals surface area contributed by atoms with Crippen LogP contribution in [0.2, 0.25) is 5.02 Å². The number of nitrogens with one attached hydrogen (secondary N) is 1. The van der Waals surface area contributed by atoms with Gasteiger partial charge in [0.2, 0.25) is 0 Å². The molecule has 0 aliphatic heterocycles. The van der Waals surface area contributed by atoms with Crippen LogP contribution in [0.5, 0.6) is 5.75 Å². The van der Waals surface area contributed by atoms with Gasteiger partial charge in [-0.25, -0.2) is 0 Å². The van der Waals surface area contributed by atoms with E-state index in [0.29, 0.717) is 27.8 Å². The first-order chi connectivity index (χ1) is 14.0. The number of benzene rings is 3. The Hall–Kier alpha value is -2.82. The van der Waals surface area contributed by atoms with E-state index in [2.05, 4.69) is 48.6 Å². The van der Waals surface area contributed by atoms with Gasteiger partial charge in [0.25, 0.3) is 5.91 Å². The van der Waals surface area contributed by atoms with Crippen LogP contribution in [0.3, 0.4) is 0 Å². The molecule has 0 atom stereocenters. The molecule has 0 saturated carbocycles. The Kier molecular flexibility index (Phi) is 5.56. The molecule has 1 amide bonds. The minimum absolute atomic E-state index is 0.158. The molecule has 5 heteroatoms. The van der Waals surface area contributed by atoms with Crippen molar-refractivity contribution in [3.8, 4) is 5.75 Å². The quantitative estimate of drug-likeness (QED) is 0.388. The zero-order valence-electron chi connectivity index (χ0n) is 16.2. The largest absolute Gasteiger partial charge is 0.495 e. The zero-order chi connectivity index (χ0) is 20.4. The molecule has 146 valence electrons. The standard InChI is InChI=1S/C24H20ClNO2S/c1-15-7-9-16(10-8-15)13-19-18-5-3-4-6-22(18)29-23(19)24(27)26-20-14-17(25)11-12-21(20)28-2/h3-12,14H,13H2,1-2H3,(H,26,27). The summed E-state index contributed by atoms with van der Waals surface area (Å²) in [6.07, 6.45) is 0.694. The van der Waals surface area contributed by atoms with Crippen molar-refractivity contribution in [3.63, 3.8) is 0 Å². The number of carbonyl (C=O) groups is 1. The van der Waals surface area contributed by atoms with Crippen LogP contribution in [0.25, 0.3) is 10.1 Å². The number of halogens is 1. The zero-order valence-corrected chi connectivity index (χ0v) is 17.7. The van der Waals surface area contributed by atoms with Gasteiger partial charge in [-0.3, -0.25) is 4.79 Å². The lowest BCUT2D eigenvalue weighted by Gasteiger charge is -2.11. The maximum atomic E-state index is 13.2. The fourth-order valence-electron chi connectivity index (χ4n) is 3.32. The smallest absolute Gasteiger partial charge is 0.266 e. The summed E-state index contributed by atoms with van der Waals surface area (Å²) in [6.45, 7) is 2.07. The molecular formula is C24H20ClNO2S. The van der Waals surface area contributed by atoms with Gasteiger partial charge in [0.15, 0.2) is 0 Å². The van der Waals surface area contributed by atoms with Gasteiger partial charge in [-0.2, -0.15) is 0 Å². The molecule has 0 saturated heterocycles. The van der Waals surface area contributed by atoms with Crippen molar-refractivity contribution in [1.82, 2.24) is 0 Å². The van der Waals surface area contributed by atoms with Crippen LogP contribution in [-0.2, 0) is 6.42 Å². The van der Waals surface area contributed by atoms with Gasteiger partial charge in [0.1, 0.15) is 5.75 Å². The number of carbonyl (C=O) groups excluding carboxylic acids is 1. The highest BCUT2D eigenvalue weighted by Gasteiger charge is 2.20. The molecule has 0 radical (unpaired) electrons. The van der Waals surface area contributed by atoms with Crippen molar-refractivity contribution < 1.29 is 9.53 Å². The molecule has 1 aromatic heterocycles. The third-order valence-corrected chi connectivity index (χ3v) is 6.26. The summed E-state index contributed by atoms with van der Waals surface area (Å²) in [4.78, 5) is 13.9. The SMILES string of the molecule is COc1ccc(Cl)cc1NC(=O)c1sc2ccccc2c1Cc1ccc(C)cc1. The van der Waals surface area contributed by atoms with E-state index in [4.69, 9.17) is 16.3 Å². The monoisotopic (exact) mass is 421 g/mol. The highest BCUT2D eigenvalue weighted by molar-refractivity contribution is 7.21. The highest BCUT2D eigenvalue weighted by Crippen LogP contribution is 2.35. The van der Waals surface area contributed by atoms with E-state index in [9.17, 15) is 4.79 Å². The first-order valence-corrected chi connectivity index (χ1v) is 10.5. The van der Waals surface area contributed by atoms with Crippen LogP contribution < -0.4 is 10.1 Å². The number of thiophene rings is 1. The van der Waals surface area contributed by atoms with Crippen LogP contribution in [0, 0.1) is 6.92 Å². The first-order valence-electron chi connectivity index (χ1n) is 9.26. The number of hydrogen-bond donors (Lipinski definition) is 1. The van der Waals surface area contributed by atoms with E-state index in [1.165, 1.54) is 22.5 Å². The van der Waals surface area contributed by atoms with Crippen LogP contribution >= 0.6 is 22.9 Å². The Labute approximate surface area is 178 Å². The molecule has 0 unspecified atom stereocenters. The van der Waals surface area contributed by atoms with E-state index in [-0.39, 0.29) is 5.91 Å². The van der Waals surface area contributed by atoms with E-state index in [0.717, 1.165) is 15.6 Å². The van der Waals surface area contributed by atoms with Gasteiger partial charge in [-0.05, 0) is 54.1 Å². The molecular weight excluding hydrogens is 402 g/mol. The maximum Gasteiger partial charge on any atom is 0.266 e. The Morgan fingerprint density at radius 1 is 1.07 bits per heavy atom.